The smallest absolute Gasteiger partial charge is 0.191 e. The Morgan fingerprint density at radius 2 is 2.16 bits per heavy atom. The fraction of sp³-hybridized carbons (Fsp3) is 0.400. The topological polar surface area (TPSA) is 45.7 Å². The Bertz CT molecular complexity index is 441. The van der Waals surface area contributed by atoms with Crippen molar-refractivity contribution in [2.75, 3.05) is 20.2 Å². The van der Waals surface area contributed by atoms with Gasteiger partial charge < -0.3 is 15.4 Å². The van der Waals surface area contributed by atoms with Crippen molar-refractivity contribution >= 4 is 5.96 Å². The van der Waals surface area contributed by atoms with Crippen molar-refractivity contribution in [3.05, 3.63) is 42.0 Å². The van der Waals surface area contributed by atoms with Gasteiger partial charge in [-0.15, -0.1) is 6.58 Å². The molecule has 0 saturated heterocycles. The molecule has 0 aliphatic carbocycles. The fourth-order valence-electron chi connectivity index (χ4n) is 1.71. The number of benzene rings is 1. The zero-order valence-corrected chi connectivity index (χ0v) is 12.0. The van der Waals surface area contributed by atoms with Crippen LogP contribution < -0.4 is 15.4 Å². The number of rotatable bonds is 6. The van der Waals surface area contributed by atoms with Gasteiger partial charge in [0.25, 0.3) is 0 Å². The van der Waals surface area contributed by atoms with Crippen LogP contribution in [0.2, 0.25) is 0 Å². The molecule has 1 rings (SSSR count). The highest BCUT2D eigenvalue weighted by molar-refractivity contribution is 5.79. The quantitative estimate of drug-likeness (QED) is 0.469. The molecule has 2 N–H and O–H groups in total. The van der Waals surface area contributed by atoms with Crippen LogP contribution in [-0.4, -0.2) is 26.2 Å². The maximum absolute atomic E-state index is 5.26. The van der Waals surface area contributed by atoms with Crippen molar-refractivity contribution in [1.29, 1.82) is 0 Å². The molecule has 0 heterocycles. The van der Waals surface area contributed by atoms with Crippen LogP contribution in [0.5, 0.6) is 5.75 Å². The molecule has 0 amide bonds. The average molecular weight is 261 g/mol. The Labute approximate surface area is 115 Å². The highest BCUT2D eigenvalue weighted by atomic mass is 16.5. The third kappa shape index (κ3) is 5.46. The summed E-state index contributed by atoms with van der Waals surface area (Å²) in [5.41, 5.74) is 2.31. The van der Waals surface area contributed by atoms with Crippen LogP contribution in [-0.2, 0) is 6.54 Å². The minimum absolute atomic E-state index is 0.616. The van der Waals surface area contributed by atoms with E-state index in [0.29, 0.717) is 13.1 Å². The average Bonchev–Trinajstić information content (AvgIpc) is 2.41. The first-order valence-electron chi connectivity index (χ1n) is 6.47. The van der Waals surface area contributed by atoms with Gasteiger partial charge >= 0.3 is 0 Å². The first-order chi connectivity index (χ1) is 9.19. The zero-order valence-electron chi connectivity index (χ0n) is 12.0. The van der Waals surface area contributed by atoms with Gasteiger partial charge in [-0.2, -0.15) is 0 Å². The van der Waals surface area contributed by atoms with E-state index < -0.39 is 0 Å². The van der Waals surface area contributed by atoms with Gasteiger partial charge in [0.2, 0.25) is 0 Å². The van der Waals surface area contributed by atoms with Crippen LogP contribution in [0.1, 0.15) is 18.1 Å². The number of guanidine groups is 1. The predicted octanol–water partition coefficient (Wildman–Crippen LogP) is 2.24. The van der Waals surface area contributed by atoms with Crippen LogP contribution in [0.15, 0.2) is 35.8 Å². The van der Waals surface area contributed by atoms with Crippen molar-refractivity contribution in [2.45, 2.75) is 20.4 Å². The van der Waals surface area contributed by atoms with Gasteiger partial charge in [0.1, 0.15) is 5.75 Å². The van der Waals surface area contributed by atoms with Crippen molar-refractivity contribution < 1.29 is 4.74 Å². The van der Waals surface area contributed by atoms with E-state index >= 15 is 0 Å². The summed E-state index contributed by atoms with van der Waals surface area (Å²) < 4.78 is 5.26. The molecule has 0 radical (unpaired) electrons. The summed E-state index contributed by atoms with van der Waals surface area (Å²) in [5, 5.41) is 6.36. The predicted molar refractivity (Wildman–Crippen MR) is 80.7 cm³/mol. The molecule has 19 heavy (non-hydrogen) atoms. The second-order valence-electron chi connectivity index (χ2n) is 4.22. The number of nitrogens with one attached hydrogen (secondary N) is 2. The van der Waals surface area contributed by atoms with Gasteiger partial charge in [-0.25, -0.2) is 4.99 Å². The van der Waals surface area contributed by atoms with E-state index in [0.717, 1.165) is 23.8 Å². The first kappa shape index (κ1) is 15.1. The Morgan fingerprint density at radius 1 is 1.37 bits per heavy atom. The molecule has 0 bridgehead atoms. The lowest BCUT2D eigenvalue weighted by atomic mass is 10.1. The maximum atomic E-state index is 5.26. The number of nitrogens with zero attached hydrogens (tertiary/aromatic N) is 1. The maximum Gasteiger partial charge on any atom is 0.191 e. The fourth-order valence-corrected chi connectivity index (χ4v) is 1.71. The van der Waals surface area contributed by atoms with Crippen molar-refractivity contribution in [2.24, 2.45) is 4.99 Å². The summed E-state index contributed by atoms with van der Waals surface area (Å²) in [6.45, 7) is 9.92. The van der Waals surface area contributed by atoms with Crippen LogP contribution in [0.4, 0.5) is 0 Å². The summed E-state index contributed by atoms with van der Waals surface area (Å²) >= 11 is 0. The lowest BCUT2D eigenvalue weighted by Crippen LogP contribution is -2.37. The van der Waals surface area contributed by atoms with Gasteiger partial charge in [0, 0.05) is 13.1 Å². The van der Waals surface area contributed by atoms with E-state index in [4.69, 9.17) is 4.74 Å². The Morgan fingerprint density at radius 3 is 2.79 bits per heavy atom. The lowest BCUT2D eigenvalue weighted by molar-refractivity contribution is 0.414. The summed E-state index contributed by atoms with van der Waals surface area (Å²) in [7, 11) is 1.68. The lowest BCUT2D eigenvalue weighted by Gasteiger charge is -2.10. The zero-order chi connectivity index (χ0) is 14.1. The van der Waals surface area contributed by atoms with Crippen LogP contribution in [0, 0.1) is 6.92 Å². The molecule has 0 saturated carbocycles. The van der Waals surface area contributed by atoms with E-state index in [1.165, 1.54) is 5.56 Å². The van der Waals surface area contributed by atoms with Crippen molar-refractivity contribution in [3.63, 3.8) is 0 Å². The minimum Gasteiger partial charge on any atom is -0.497 e. The SMILES string of the molecule is C=CCNC(=NCc1cc(C)cc(OC)c1)NCC. The number of aryl methyl sites for hydroxylation is 1. The number of hydrogen-bond donors (Lipinski definition) is 2. The third-order valence-corrected chi connectivity index (χ3v) is 2.52. The normalized spacial score (nSPS) is 11.0. The van der Waals surface area contributed by atoms with E-state index in [1.807, 2.05) is 25.1 Å². The highest BCUT2D eigenvalue weighted by Gasteiger charge is 2.00. The first-order valence-corrected chi connectivity index (χ1v) is 6.47. The van der Waals surface area contributed by atoms with Crippen LogP contribution >= 0.6 is 0 Å². The number of ether oxygens (including phenoxy) is 1. The van der Waals surface area contributed by atoms with E-state index in [9.17, 15) is 0 Å². The molecular weight excluding hydrogens is 238 g/mol. The van der Waals surface area contributed by atoms with E-state index in [2.05, 4.69) is 35.2 Å². The molecular formula is C15H23N3O. The molecule has 0 aliphatic rings. The Balaban J connectivity index is 2.75. The Hall–Kier alpha value is -1.97. The van der Waals surface area contributed by atoms with Gasteiger partial charge in [0.05, 0.1) is 13.7 Å². The molecule has 4 heteroatoms. The molecule has 0 unspecified atom stereocenters. The summed E-state index contributed by atoms with van der Waals surface area (Å²) in [4.78, 5) is 4.53. The van der Waals surface area contributed by atoms with Gasteiger partial charge in [-0.05, 0) is 37.1 Å². The largest absolute Gasteiger partial charge is 0.497 e. The number of hydrogen-bond acceptors (Lipinski definition) is 2. The van der Waals surface area contributed by atoms with Gasteiger partial charge in [-0.3, -0.25) is 0 Å². The van der Waals surface area contributed by atoms with Gasteiger partial charge in [0.15, 0.2) is 5.96 Å². The second kappa shape index (κ2) is 8.19. The molecule has 104 valence electrons. The molecule has 4 nitrogen and oxygen atoms in total. The van der Waals surface area contributed by atoms with Crippen LogP contribution in [0.25, 0.3) is 0 Å². The molecule has 1 aromatic rings. The standard InChI is InChI=1S/C15H23N3O/c1-5-7-17-15(16-6-2)18-11-13-8-12(3)9-14(10-13)19-4/h5,8-10H,1,6-7,11H2,2-4H3,(H2,16,17,18). The summed E-state index contributed by atoms with van der Waals surface area (Å²) in [5.74, 6) is 1.66. The molecule has 0 spiro atoms. The molecule has 0 aromatic heterocycles. The van der Waals surface area contributed by atoms with E-state index in [-0.39, 0.29) is 0 Å². The molecule has 0 atom stereocenters. The summed E-state index contributed by atoms with van der Waals surface area (Å²) in [6, 6.07) is 6.13. The third-order valence-electron chi connectivity index (χ3n) is 2.52. The van der Waals surface area contributed by atoms with Crippen molar-refractivity contribution in [3.8, 4) is 5.75 Å². The molecule has 1 aromatic carbocycles. The Kier molecular flexibility index (Phi) is 6.50. The minimum atomic E-state index is 0.616. The van der Waals surface area contributed by atoms with Crippen molar-refractivity contribution in [1.82, 2.24) is 10.6 Å². The molecule has 0 aliphatic heterocycles. The molecule has 0 fully saturated rings. The van der Waals surface area contributed by atoms with Gasteiger partial charge in [-0.1, -0.05) is 12.1 Å². The number of aliphatic imine (C=N–C) groups is 1. The van der Waals surface area contributed by atoms with E-state index in [1.54, 1.807) is 7.11 Å². The monoisotopic (exact) mass is 261 g/mol. The highest BCUT2D eigenvalue weighted by Crippen LogP contribution is 2.16. The number of methoxy groups -OCH3 is 1. The second-order valence-corrected chi connectivity index (χ2v) is 4.22. The van der Waals surface area contributed by atoms with Crippen LogP contribution in [0.3, 0.4) is 0 Å². The summed E-state index contributed by atoms with van der Waals surface area (Å²) in [6.07, 6.45) is 1.81.